The minimum absolute atomic E-state index is 0.276. The van der Waals surface area contributed by atoms with E-state index < -0.39 is 6.10 Å². The van der Waals surface area contributed by atoms with Gasteiger partial charge in [-0.2, -0.15) is 0 Å². The van der Waals surface area contributed by atoms with Crippen molar-refractivity contribution < 1.29 is 28.2 Å². The van der Waals surface area contributed by atoms with Crippen LogP contribution in [0.5, 0.6) is 17.2 Å². The number of oxime groups is 1. The van der Waals surface area contributed by atoms with Gasteiger partial charge in [0, 0.05) is 18.5 Å². The van der Waals surface area contributed by atoms with Crippen LogP contribution in [0.15, 0.2) is 41.6 Å². The van der Waals surface area contributed by atoms with Crippen molar-refractivity contribution >= 4 is 11.6 Å². The number of ether oxygens (including phenoxy) is 3. The standard InChI is InChI=1S/C20H21FN2O5/c1-25-16-8-13(9-17(26-2)19(16)27-3)15-10-18(28-23-15)20(24)22-11-12-4-6-14(21)7-5-12/h4-9,18H,10-11H2,1-3H3,(H,22,24)/t18-/m1/s1. The molecule has 0 fully saturated rings. The highest BCUT2D eigenvalue weighted by molar-refractivity contribution is 6.04. The first kappa shape index (κ1) is 19.5. The van der Waals surface area contributed by atoms with Crippen molar-refractivity contribution in [2.45, 2.75) is 19.1 Å². The number of benzene rings is 2. The van der Waals surface area contributed by atoms with E-state index in [4.69, 9.17) is 19.0 Å². The minimum atomic E-state index is -0.741. The zero-order valence-electron chi connectivity index (χ0n) is 15.8. The summed E-state index contributed by atoms with van der Waals surface area (Å²) in [5.74, 6) is 0.836. The van der Waals surface area contributed by atoms with Gasteiger partial charge in [0.25, 0.3) is 5.91 Å². The third kappa shape index (κ3) is 4.16. The summed E-state index contributed by atoms with van der Waals surface area (Å²) in [7, 11) is 4.58. The van der Waals surface area contributed by atoms with E-state index in [1.54, 1.807) is 24.3 Å². The number of amides is 1. The Bertz CT molecular complexity index is 858. The Kier molecular flexibility index (Phi) is 5.98. The van der Waals surface area contributed by atoms with Crippen LogP contribution in [0, 0.1) is 5.82 Å². The number of rotatable bonds is 7. The number of carbonyl (C=O) groups is 1. The molecule has 1 aliphatic rings. The highest BCUT2D eigenvalue weighted by Crippen LogP contribution is 2.39. The summed E-state index contributed by atoms with van der Waals surface area (Å²) < 4.78 is 28.9. The zero-order chi connectivity index (χ0) is 20.1. The average molecular weight is 388 g/mol. The molecule has 0 radical (unpaired) electrons. The quantitative estimate of drug-likeness (QED) is 0.789. The van der Waals surface area contributed by atoms with Gasteiger partial charge in [-0.3, -0.25) is 4.79 Å². The van der Waals surface area contributed by atoms with Crippen molar-refractivity contribution in [2.24, 2.45) is 5.16 Å². The summed E-state index contributed by atoms with van der Waals surface area (Å²) in [5.41, 5.74) is 2.10. The number of hydrogen-bond donors (Lipinski definition) is 1. The molecule has 0 aromatic heterocycles. The smallest absolute Gasteiger partial charge is 0.264 e. The van der Waals surface area contributed by atoms with Crippen molar-refractivity contribution in [2.75, 3.05) is 21.3 Å². The van der Waals surface area contributed by atoms with Crippen molar-refractivity contribution in [3.63, 3.8) is 0 Å². The highest BCUT2D eigenvalue weighted by atomic mass is 19.1. The number of nitrogens with zero attached hydrogens (tertiary/aromatic N) is 1. The van der Waals surface area contributed by atoms with Gasteiger partial charge in [-0.05, 0) is 29.8 Å². The average Bonchev–Trinajstić information content (AvgIpc) is 3.22. The third-order valence-corrected chi connectivity index (χ3v) is 4.34. The largest absolute Gasteiger partial charge is 0.493 e. The molecule has 0 spiro atoms. The molecule has 1 heterocycles. The topological polar surface area (TPSA) is 78.4 Å². The maximum Gasteiger partial charge on any atom is 0.264 e. The number of nitrogens with one attached hydrogen (secondary N) is 1. The summed E-state index contributed by atoms with van der Waals surface area (Å²) in [5, 5.41) is 6.80. The Hall–Kier alpha value is -3.29. The molecule has 7 nitrogen and oxygen atoms in total. The summed E-state index contributed by atoms with van der Waals surface area (Å²) in [6, 6.07) is 9.43. The molecule has 2 aromatic carbocycles. The fraction of sp³-hybridized carbons (Fsp3) is 0.300. The molecule has 1 N–H and O–H groups in total. The maximum atomic E-state index is 12.9. The first-order valence-electron chi connectivity index (χ1n) is 8.61. The Morgan fingerprint density at radius 2 is 1.79 bits per heavy atom. The molecule has 0 bridgehead atoms. The van der Waals surface area contributed by atoms with Crippen molar-refractivity contribution in [3.8, 4) is 17.2 Å². The Morgan fingerprint density at radius 3 is 2.36 bits per heavy atom. The summed E-state index contributed by atoms with van der Waals surface area (Å²) in [4.78, 5) is 17.7. The molecule has 0 unspecified atom stereocenters. The maximum absolute atomic E-state index is 12.9. The number of hydrogen-bond acceptors (Lipinski definition) is 6. The Balaban J connectivity index is 1.65. The molecule has 0 aliphatic carbocycles. The number of carbonyl (C=O) groups excluding carboxylic acids is 1. The predicted octanol–water partition coefficient (Wildman–Crippen LogP) is 2.66. The van der Waals surface area contributed by atoms with Crippen LogP contribution in [0.1, 0.15) is 17.5 Å². The lowest BCUT2D eigenvalue weighted by Gasteiger charge is -2.14. The Morgan fingerprint density at radius 1 is 1.14 bits per heavy atom. The van der Waals surface area contributed by atoms with Crippen LogP contribution in [0.2, 0.25) is 0 Å². The number of halogens is 1. The van der Waals surface area contributed by atoms with E-state index in [-0.39, 0.29) is 18.3 Å². The monoisotopic (exact) mass is 388 g/mol. The Labute approximate surface area is 162 Å². The van der Waals surface area contributed by atoms with Gasteiger partial charge in [0.1, 0.15) is 5.82 Å². The molecule has 28 heavy (non-hydrogen) atoms. The first-order valence-corrected chi connectivity index (χ1v) is 8.61. The lowest BCUT2D eigenvalue weighted by molar-refractivity contribution is -0.131. The van der Waals surface area contributed by atoms with Gasteiger partial charge < -0.3 is 24.4 Å². The molecule has 148 valence electrons. The number of methoxy groups -OCH3 is 3. The van der Waals surface area contributed by atoms with Gasteiger partial charge in [-0.25, -0.2) is 4.39 Å². The van der Waals surface area contributed by atoms with Crippen LogP contribution in [-0.2, 0) is 16.2 Å². The summed E-state index contributed by atoms with van der Waals surface area (Å²) in [6.07, 6.45) is -0.442. The normalized spacial score (nSPS) is 15.4. The van der Waals surface area contributed by atoms with Gasteiger partial charge in [-0.1, -0.05) is 17.3 Å². The van der Waals surface area contributed by atoms with Crippen molar-refractivity contribution in [3.05, 3.63) is 53.3 Å². The lowest BCUT2D eigenvalue weighted by atomic mass is 10.0. The second kappa shape index (κ2) is 8.60. The molecule has 0 saturated heterocycles. The van der Waals surface area contributed by atoms with E-state index in [0.717, 1.165) is 5.56 Å². The second-order valence-electron chi connectivity index (χ2n) is 6.09. The van der Waals surface area contributed by atoms with Crippen LogP contribution < -0.4 is 19.5 Å². The first-order chi connectivity index (χ1) is 13.5. The van der Waals surface area contributed by atoms with Gasteiger partial charge >= 0.3 is 0 Å². The fourth-order valence-corrected chi connectivity index (χ4v) is 2.84. The molecular formula is C20H21FN2O5. The van der Waals surface area contributed by atoms with Gasteiger partial charge in [0.2, 0.25) is 11.9 Å². The van der Waals surface area contributed by atoms with Crippen LogP contribution in [-0.4, -0.2) is 39.1 Å². The van der Waals surface area contributed by atoms with E-state index in [1.807, 2.05) is 0 Å². The molecule has 1 atom stereocenters. The van der Waals surface area contributed by atoms with Gasteiger partial charge in [-0.15, -0.1) is 0 Å². The third-order valence-electron chi connectivity index (χ3n) is 4.34. The zero-order valence-corrected chi connectivity index (χ0v) is 15.8. The lowest BCUT2D eigenvalue weighted by Crippen LogP contribution is -2.34. The van der Waals surface area contributed by atoms with Gasteiger partial charge in [0.05, 0.1) is 27.0 Å². The van der Waals surface area contributed by atoms with Crippen molar-refractivity contribution in [1.29, 1.82) is 0 Å². The molecule has 1 amide bonds. The van der Waals surface area contributed by atoms with Crippen LogP contribution in [0.3, 0.4) is 0 Å². The van der Waals surface area contributed by atoms with Crippen LogP contribution in [0.25, 0.3) is 0 Å². The van der Waals surface area contributed by atoms with Gasteiger partial charge in [0.15, 0.2) is 11.5 Å². The minimum Gasteiger partial charge on any atom is -0.493 e. The molecule has 1 aliphatic heterocycles. The molecule has 0 saturated carbocycles. The summed E-state index contributed by atoms with van der Waals surface area (Å²) in [6.45, 7) is 0.276. The SMILES string of the molecule is COc1cc(C2=NO[C@@H](C(=O)NCc3ccc(F)cc3)C2)cc(OC)c1OC. The van der Waals surface area contributed by atoms with E-state index in [1.165, 1.54) is 33.5 Å². The molecule has 2 aromatic rings. The predicted molar refractivity (Wildman–Crippen MR) is 100 cm³/mol. The second-order valence-corrected chi connectivity index (χ2v) is 6.09. The highest BCUT2D eigenvalue weighted by Gasteiger charge is 2.30. The molecule has 8 heteroatoms. The fourth-order valence-electron chi connectivity index (χ4n) is 2.84. The van der Waals surface area contributed by atoms with E-state index in [9.17, 15) is 9.18 Å². The molecular weight excluding hydrogens is 367 g/mol. The van der Waals surface area contributed by atoms with Crippen LogP contribution in [0.4, 0.5) is 4.39 Å². The van der Waals surface area contributed by atoms with Crippen LogP contribution >= 0.6 is 0 Å². The van der Waals surface area contributed by atoms with E-state index >= 15 is 0 Å². The molecule has 3 rings (SSSR count). The summed E-state index contributed by atoms with van der Waals surface area (Å²) >= 11 is 0. The van der Waals surface area contributed by atoms with Crippen molar-refractivity contribution in [1.82, 2.24) is 5.32 Å². The van der Waals surface area contributed by atoms with E-state index in [0.29, 0.717) is 34.9 Å². The van der Waals surface area contributed by atoms with E-state index in [2.05, 4.69) is 10.5 Å².